The maximum atomic E-state index is 0. The van der Waals surface area contributed by atoms with Gasteiger partial charge in [-0.2, -0.15) is 0 Å². The summed E-state index contributed by atoms with van der Waals surface area (Å²) < 4.78 is 0. The summed E-state index contributed by atoms with van der Waals surface area (Å²) in [5.41, 5.74) is 0. The van der Waals surface area contributed by atoms with Gasteiger partial charge in [0, 0.05) is 0 Å². The molecular formula is H4F6Sb-5. The van der Waals surface area contributed by atoms with Crippen LogP contribution in [0.15, 0.2) is 0 Å². The van der Waals surface area contributed by atoms with Crippen LogP contribution in [0.3, 0.4) is 0 Å². The van der Waals surface area contributed by atoms with E-state index in [1.807, 2.05) is 0 Å². The molecule has 0 rings (SSSR count). The van der Waals surface area contributed by atoms with E-state index in [0.717, 1.165) is 0 Å². The molecule has 0 aromatic rings. The molecule has 0 heterocycles. The van der Waals surface area contributed by atoms with Crippen molar-refractivity contribution in [1.82, 2.24) is 0 Å². The van der Waals surface area contributed by atoms with Crippen molar-refractivity contribution in [1.29, 1.82) is 0 Å². The Morgan fingerprint density at radius 2 is 0.429 bits per heavy atom. The summed E-state index contributed by atoms with van der Waals surface area (Å²) in [6.07, 6.45) is 0. The molecule has 0 saturated carbocycles. The van der Waals surface area contributed by atoms with Crippen LogP contribution in [0, 0.1) is 0 Å². The van der Waals surface area contributed by atoms with Crippen molar-refractivity contribution >= 4 is 24.4 Å². The summed E-state index contributed by atoms with van der Waals surface area (Å²) in [6.45, 7) is 0. The van der Waals surface area contributed by atoms with Crippen molar-refractivity contribution < 1.29 is 29.7 Å². The van der Waals surface area contributed by atoms with Crippen molar-refractivity contribution in [2.45, 2.75) is 0 Å². The molecule has 0 unspecified atom stereocenters. The summed E-state index contributed by atoms with van der Waals surface area (Å²) in [5, 5.41) is 0. The van der Waals surface area contributed by atoms with Crippen LogP contribution in [-0.4, -0.2) is 24.4 Å². The first-order valence-corrected chi connectivity index (χ1v) is 0. The molecule has 7 heavy (non-hydrogen) atoms. The SMILES string of the molecule is [F-].[F-].[F-].[F-].[F-].[F-].[H+].[SbH3]. The van der Waals surface area contributed by atoms with Gasteiger partial charge in [-0.15, -0.1) is 0 Å². The molecule has 0 fully saturated rings. The fraction of sp³-hybridized carbons (Fsp3) is 0. The van der Waals surface area contributed by atoms with E-state index in [1.165, 1.54) is 0 Å². The molecule has 0 radical (unpaired) electrons. The number of rotatable bonds is 0. The molecule has 7 heteroatoms. The van der Waals surface area contributed by atoms with Crippen LogP contribution in [-0.2, 0) is 0 Å². The molecule has 0 aliphatic rings. The van der Waals surface area contributed by atoms with Gasteiger partial charge < -0.3 is 28.2 Å². The van der Waals surface area contributed by atoms with Crippen LogP contribution >= 0.6 is 0 Å². The minimum absolute atomic E-state index is 0. The molecule has 0 amide bonds. The summed E-state index contributed by atoms with van der Waals surface area (Å²) in [5.74, 6) is 0. The molecule has 56 valence electrons. The summed E-state index contributed by atoms with van der Waals surface area (Å²) >= 11 is 0. The molecule has 0 saturated heterocycles. The van der Waals surface area contributed by atoms with Crippen LogP contribution in [0.5, 0.6) is 0 Å². The second kappa shape index (κ2) is 1180. The predicted molar refractivity (Wildman–Crippen MR) is 11.1 cm³/mol. The van der Waals surface area contributed by atoms with Crippen LogP contribution in [0.25, 0.3) is 0 Å². The van der Waals surface area contributed by atoms with E-state index in [2.05, 4.69) is 0 Å². The quantitative estimate of drug-likeness (QED) is 0.291. The molecule has 0 atom stereocenters. The van der Waals surface area contributed by atoms with E-state index < -0.39 is 0 Å². The van der Waals surface area contributed by atoms with E-state index in [-0.39, 0.29) is 54.1 Å². The monoisotopic (exact) mass is 239 g/mol. The topological polar surface area (TPSA) is 0 Å². The Balaban J connectivity index is 0. The molecule has 0 N–H and O–H groups in total. The Hall–Kier alpha value is 0.398. The number of hydrogen-bond acceptors (Lipinski definition) is 0. The van der Waals surface area contributed by atoms with Crippen LogP contribution < -0.4 is 28.2 Å². The zero-order valence-corrected chi connectivity index (χ0v) is 7.01. The van der Waals surface area contributed by atoms with Crippen molar-refractivity contribution in [2.24, 2.45) is 0 Å². The number of hydrogen-bond donors (Lipinski definition) is 0. The van der Waals surface area contributed by atoms with Crippen molar-refractivity contribution in [3.05, 3.63) is 0 Å². The maximum absolute atomic E-state index is 0. The van der Waals surface area contributed by atoms with Gasteiger partial charge in [-0.1, -0.05) is 0 Å². The third kappa shape index (κ3) is 781. The van der Waals surface area contributed by atoms with E-state index in [4.69, 9.17) is 0 Å². The van der Waals surface area contributed by atoms with E-state index in [1.54, 1.807) is 0 Å². The first-order chi connectivity index (χ1) is 0. The first-order valence-electron chi connectivity index (χ1n) is 0. The normalized spacial score (nSPS) is 0. The summed E-state index contributed by atoms with van der Waals surface area (Å²) in [6, 6.07) is 0. The van der Waals surface area contributed by atoms with Crippen LogP contribution in [0.1, 0.15) is 1.43 Å². The third-order valence-corrected chi connectivity index (χ3v) is 0. The Labute approximate surface area is 54.8 Å². The molecular weight excluding hydrogens is 236 g/mol. The van der Waals surface area contributed by atoms with Gasteiger partial charge in [-0.25, -0.2) is 0 Å². The van der Waals surface area contributed by atoms with Gasteiger partial charge in [0.1, 0.15) is 0 Å². The van der Waals surface area contributed by atoms with E-state index in [0.29, 0.717) is 0 Å². The molecule has 0 bridgehead atoms. The van der Waals surface area contributed by atoms with E-state index >= 15 is 0 Å². The predicted octanol–water partition coefficient (Wildman–Crippen LogP) is -19.0. The first kappa shape index (κ1) is 1910. The van der Waals surface area contributed by atoms with Crippen LogP contribution in [0.4, 0.5) is 0 Å². The molecule has 0 nitrogen and oxygen atoms in total. The van der Waals surface area contributed by atoms with Gasteiger partial charge in [0.25, 0.3) is 0 Å². The number of halogens is 6. The Kier molecular flexibility index (Phi) is 321000. The van der Waals surface area contributed by atoms with E-state index in [9.17, 15) is 0 Å². The third-order valence-electron chi connectivity index (χ3n) is 0. The second-order valence-electron chi connectivity index (χ2n) is 0. The summed E-state index contributed by atoms with van der Waals surface area (Å²) in [4.78, 5) is 0. The minimum atomic E-state index is 0. The standard InChI is InChI=1S/6FH.Sb.3H/h6*1H;;;;/p-5. The molecule has 0 aliphatic carbocycles. The Bertz CT molecular complexity index is 8.49. The zero-order valence-electron chi connectivity index (χ0n) is 3.97. The Morgan fingerprint density at radius 1 is 0.429 bits per heavy atom. The van der Waals surface area contributed by atoms with Crippen molar-refractivity contribution in [3.63, 3.8) is 0 Å². The second-order valence-corrected chi connectivity index (χ2v) is 0. The van der Waals surface area contributed by atoms with Gasteiger partial charge in [0.15, 0.2) is 0 Å². The molecule has 0 spiro atoms. The summed E-state index contributed by atoms with van der Waals surface area (Å²) in [7, 11) is 0. The van der Waals surface area contributed by atoms with Gasteiger partial charge in [0.2, 0.25) is 0 Å². The average molecular weight is 240 g/mol. The zero-order chi connectivity index (χ0) is 0. The molecule has 0 aliphatic heterocycles. The molecule has 0 aromatic carbocycles. The van der Waals surface area contributed by atoms with Gasteiger partial charge >= 0.3 is 25.9 Å². The van der Waals surface area contributed by atoms with Gasteiger partial charge in [-0.05, 0) is 0 Å². The molecule has 0 aromatic heterocycles. The van der Waals surface area contributed by atoms with Crippen molar-refractivity contribution in [3.8, 4) is 0 Å². The Morgan fingerprint density at radius 3 is 0.429 bits per heavy atom. The fourth-order valence-corrected chi connectivity index (χ4v) is 0. The van der Waals surface area contributed by atoms with Crippen LogP contribution in [0.2, 0.25) is 0 Å². The average Bonchev–Trinajstić information content (AvgIpc) is 0. The van der Waals surface area contributed by atoms with Gasteiger partial charge in [0.05, 0.1) is 0 Å². The van der Waals surface area contributed by atoms with Crippen molar-refractivity contribution in [2.75, 3.05) is 0 Å². The van der Waals surface area contributed by atoms with Gasteiger partial charge in [-0.3, -0.25) is 0 Å². The fourth-order valence-electron chi connectivity index (χ4n) is 0.